The van der Waals surface area contributed by atoms with E-state index in [-0.39, 0.29) is 0 Å². The van der Waals surface area contributed by atoms with Crippen LogP contribution in [-0.2, 0) is 0 Å². The quantitative estimate of drug-likeness (QED) is 0.720. The number of rotatable bonds is 5. The second kappa shape index (κ2) is 6.11. The minimum atomic E-state index is -0.577. The van der Waals surface area contributed by atoms with Crippen molar-refractivity contribution in [2.75, 3.05) is 24.7 Å². The second-order valence-electron chi connectivity index (χ2n) is 4.23. The molecule has 4 nitrogen and oxygen atoms in total. The molecule has 0 radical (unpaired) electrons. The maximum Gasteiger partial charge on any atom is 0.143 e. The lowest BCUT2D eigenvalue weighted by atomic mass is 10.1. The lowest BCUT2D eigenvalue weighted by molar-refractivity contribution is 0.191. The number of aliphatic hydroxyl groups excluding tert-OH is 1. The minimum absolute atomic E-state index is 0.390. The number of anilines is 2. The van der Waals surface area contributed by atoms with Gasteiger partial charge in [-0.3, -0.25) is 0 Å². The summed E-state index contributed by atoms with van der Waals surface area (Å²) in [5, 5.41) is 13.2. The Balaban J connectivity index is 2.03. The summed E-state index contributed by atoms with van der Waals surface area (Å²) in [6.45, 7) is 0.390. The van der Waals surface area contributed by atoms with Gasteiger partial charge in [0.15, 0.2) is 0 Å². The molecule has 2 rings (SSSR count). The fourth-order valence-corrected chi connectivity index (χ4v) is 1.88. The predicted octanol–water partition coefficient (Wildman–Crippen LogP) is 2.42. The molecule has 0 fully saturated rings. The van der Waals surface area contributed by atoms with Crippen molar-refractivity contribution in [2.24, 2.45) is 0 Å². The Hall–Kier alpha value is -2.20. The first-order valence-electron chi connectivity index (χ1n) is 6.11. The van der Waals surface area contributed by atoms with Crippen LogP contribution in [-0.4, -0.2) is 18.8 Å². The average Bonchev–Trinajstić information content (AvgIpc) is 2.47. The number of nitrogen functional groups attached to an aromatic ring is 1. The lowest BCUT2D eigenvalue weighted by Gasteiger charge is -2.15. The molecule has 100 valence electrons. The molecule has 0 aliphatic rings. The van der Waals surface area contributed by atoms with Gasteiger partial charge in [-0.25, -0.2) is 0 Å². The van der Waals surface area contributed by atoms with Gasteiger partial charge in [-0.15, -0.1) is 0 Å². The number of aliphatic hydroxyl groups is 1. The zero-order chi connectivity index (χ0) is 13.7. The smallest absolute Gasteiger partial charge is 0.143 e. The molecule has 4 heteroatoms. The molecular formula is C15H18N2O2. The van der Waals surface area contributed by atoms with Crippen molar-refractivity contribution < 1.29 is 9.84 Å². The summed E-state index contributed by atoms with van der Waals surface area (Å²) in [7, 11) is 1.58. The van der Waals surface area contributed by atoms with Crippen molar-refractivity contribution in [2.45, 2.75) is 6.10 Å². The Morgan fingerprint density at radius 2 is 1.89 bits per heavy atom. The number of nitrogens with two attached hydrogens (primary N) is 1. The molecule has 1 unspecified atom stereocenters. The van der Waals surface area contributed by atoms with Crippen LogP contribution in [0.15, 0.2) is 48.5 Å². The molecule has 1 atom stereocenters. The third-order valence-corrected chi connectivity index (χ3v) is 2.96. The SMILES string of the molecule is COc1cccc(NCC(O)c2ccccc2)c1N. The van der Waals surface area contributed by atoms with Crippen LogP contribution in [0.3, 0.4) is 0 Å². The van der Waals surface area contributed by atoms with Crippen LogP contribution in [0.5, 0.6) is 5.75 Å². The summed E-state index contributed by atoms with van der Waals surface area (Å²) in [6.07, 6.45) is -0.577. The van der Waals surface area contributed by atoms with Gasteiger partial charge in [0.1, 0.15) is 5.75 Å². The number of methoxy groups -OCH3 is 1. The molecule has 0 saturated heterocycles. The van der Waals surface area contributed by atoms with Gasteiger partial charge >= 0.3 is 0 Å². The number of ether oxygens (including phenoxy) is 1. The zero-order valence-electron chi connectivity index (χ0n) is 10.8. The van der Waals surface area contributed by atoms with Crippen molar-refractivity contribution >= 4 is 11.4 Å². The summed E-state index contributed by atoms with van der Waals surface area (Å²) in [5.74, 6) is 0.624. The Bertz CT molecular complexity index is 529. The zero-order valence-corrected chi connectivity index (χ0v) is 10.8. The fraction of sp³-hybridized carbons (Fsp3) is 0.200. The van der Waals surface area contributed by atoms with Crippen LogP contribution in [0.2, 0.25) is 0 Å². The first-order chi connectivity index (χ1) is 9.22. The highest BCUT2D eigenvalue weighted by atomic mass is 16.5. The van der Waals surface area contributed by atoms with Gasteiger partial charge < -0.3 is 20.9 Å². The highest BCUT2D eigenvalue weighted by molar-refractivity contribution is 5.72. The average molecular weight is 258 g/mol. The lowest BCUT2D eigenvalue weighted by Crippen LogP contribution is -2.13. The van der Waals surface area contributed by atoms with E-state index < -0.39 is 6.10 Å². The van der Waals surface area contributed by atoms with Crippen LogP contribution < -0.4 is 15.8 Å². The van der Waals surface area contributed by atoms with Crippen molar-refractivity contribution in [3.8, 4) is 5.75 Å². The molecule has 0 heterocycles. The van der Waals surface area contributed by atoms with Gasteiger partial charge in [0.05, 0.1) is 24.6 Å². The Labute approximate surface area is 112 Å². The third kappa shape index (κ3) is 3.17. The molecule has 0 aliphatic heterocycles. The van der Waals surface area contributed by atoms with Gasteiger partial charge in [-0.05, 0) is 17.7 Å². The molecule has 0 bridgehead atoms. The number of hydrogen-bond donors (Lipinski definition) is 3. The van der Waals surface area contributed by atoms with Crippen molar-refractivity contribution in [3.63, 3.8) is 0 Å². The van der Waals surface area contributed by atoms with E-state index in [2.05, 4.69) is 5.32 Å². The maximum atomic E-state index is 10.1. The number of para-hydroxylation sites is 1. The van der Waals surface area contributed by atoms with Crippen molar-refractivity contribution in [1.82, 2.24) is 0 Å². The fourth-order valence-electron chi connectivity index (χ4n) is 1.88. The summed E-state index contributed by atoms with van der Waals surface area (Å²) < 4.78 is 5.15. The third-order valence-electron chi connectivity index (χ3n) is 2.96. The standard InChI is InChI=1S/C15H18N2O2/c1-19-14-9-5-8-12(15(14)16)17-10-13(18)11-6-3-2-4-7-11/h2-9,13,17-18H,10,16H2,1H3. The van der Waals surface area contributed by atoms with E-state index >= 15 is 0 Å². The number of nitrogens with one attached hydrogen (secondary N) is 1. The van der Waals surface area contributed by atoms with Crippen LogP contribution in [0.4, 0.5) is 11.4 Å². The van der Waals surface area contributed by atoms with Gasteiger partial charge in [-0.1, -0.05) is 36.4 Å². The van der Waals surface area contributed by atoms with E-state index in [0.29, 0.717) is 18.0 Å². The number of benzene rings is 2. The molecule has 0 saturated carbocycles. The molecule has 19 heavy (non-hydrogen) atoms. The number of hydrogen-bond acceptors (Lipinski definition) is 4. The Morgan fingerprint density at radius 3 is 2.58 bits per heavy atom. The minimum Gasteiger partial charge on any atom is -0.495 e. The van der Waals surface area contributed by atoms with E-state index in [1.54, 1.807) is 13.2 Å². The summed E-state index contributed by atoms with van der Waals surface area (Å²) in [4.78, 5) is 0. The van der Waals surface area contributed by atoms with Crippen LogP contribution in [0, 0.1) is 0 Å². The summed E-state index contributed by atoms with van der Waals surface area (Å²) in [6, 6.07) is 15.0. The Morgan fingerprint density at radius 1 is 1.16 bits per heavy atom. The van der Waals surface area contributed by atoms with Crippen molar-refractivity contribution in [1.29, 1.82) is 0 Å². The van der Waals surface area contributed by atoms with E-state index in [1.807, 2.05) is 42.5 Å². The predicted molar refractivity (Wildman–Crippen MR) is 77.3 cm³/mol. The molecule has 4 N–H and O–H groups in total. The van der Waals surface area contributed by atoms with E-state index in [9.17, 15) is 5.11 Å². The van der Waals surface area contributed by atoms with Crippen LogP contribution >= 0.6 is 0 Å². The van der Waals surface area contributed by atoms with E-state index in [4.69, 9.17) is 10.5 Å². The van der Waals surface area contributed by atoms with Gasteiger partial charge in [0, 0.05) is 6.54 Å². The topological polar surface area (TPSA) is 67.5 Å². The second-order valence-corrected chi connectivity index (χ2v) is 4.23. The molecule has 2 aromatic rings. The summed E-state index contributed by atoms with van der Waals surface area (Å²) in [5.41, 5.74) is 8.13. The van der Waals surface area contributed by atoms with Crippen LogP contribution in [0.1, 0.15) is 11.7 Å². The monoisotopic (exact) mass is 258 g/mol. The van der Waals surface area contributed by atoms with Gasteiger partial charge in [0.25, 0.3) is 0 Å². The highest BCUT2D eigenvalue weighted by Crippen LogP contribution is 2.29. The van der Waals surface area contributed by atoms with Crippen molar-refractivity contribution in [3.05, 3.63) is 54.1 Å². The van der Waals surface area contributed by atoms with E-state index in [0.717, 1.165) is 11.3 Å². The molecule has 0 spiro atoms. The van der Waals surface area contributed by atoms with Gasteiger partial charge in [-0.2, -0.15) is 0 Å². The molecule has 0 aromatic heterocycles. The molecule has 0 aliphatic carbocycles. The normalized spacial score (nSPS) is 11.9. The van der Waals surface area contributed by atoms with E-state index in [1.165, 1.54) is 0 Å². The molecule has 2 aromatic carbocycles. The molecule has 0 amide bonds. The largest absolute Gasteiger partial charge is 0.495 e. The van der Waals surface area contributed by atoms with Gasteiger partial charge in [0.2, 0.25) is 0 Å². The maximum absolute atomic E-state index is 10.1. The first-order valence-corrected chi connectivity index (χ1v) is 6.11. The highest BCUT2D eigenvalue weighted by Gasteiger charge is 2.09. The van der Waals surface area contributed by atoms with Crippen LogP contribution in [0.25, 0.3) is 0 Å². The Kier molecular flexibility index (Phi) is 4.26. The molecular weight excluding hydrogens is 240 g/mol. The first kappa shape index (κ1) is 13.2. The summed E-state index contributed by atoms with van der Waals surface area (Å²) >= 11 is 0.